The van der Waals surface area contributed by atoms with Crippen LogP contribution in [0.15, 0.2) is 10.9 Å². The summed E-state index contributed by atoms with van der Waals surface area (Å²) in [6.07, 6.45) is 1.11. The molecule has 17 heavy (non-hydrogen) atoms. The van der Waals surface area contributed by atoms with Gasteiger partial charge in [-0.1, -0.05) is 13.3 Å². The summed E-state index contributed by atoms with van der Waals surface area (Å²) in [7, 11) is 0. The fourth-order valence-corrected chi connectivity index (χ4v) is 1.81. The molecule has 1 unspecified atom stereocenters. The van der Waals surface area contributed by atoms with Gasteiger partial charge >= 0.3 is 12.0 Å². The van der Waals surface area contributed by atoms with Gasteiger partial charge in [0.15, 0.2) is 0 Å². The van der Waals surface area contributed by atoms with Crippen LogP contribution in [0.5, 0.6) is 0 Å². The molecule has 1 aromatic heterocycles. The van der Waals surface area contributed by atoms with E-state index in [1.165, 1.54) is 11.3 Å². The number of aromatic nitrogens is 1. The van der Waals surface area contributed by atoms with Crippen LogP contribution < -0.4 is 10.6 Å². The van der Waals surface area contributed by atoms with E-state index in [4.69, 9.17) is 5.11 Å². The minimum Gasteiger partial charge on any atom is -0.480 e. The van der Waals surface area contributed by atoms with Crippen molar-refractivity contribution in [2.24, 2.45) is 0 Å². The first-order chi connectivity index (χ1) is 8.13. The smallest absolute Gasteiger partial charge is 0.326 e. The molecule has 1 heterocycles. The van der Waals surface area contributed by atoms with Crippen LogP contribution >= 0.6 is 11.3 Å². The predicted octanol–water partition coefficient (Wildman–Crippen LogP) is 1.20. The van der Waals surface area contributed by atoms with Gasteiger partial charge in [0.1, 0.15) is 6.04 Å². The zero-order valence-electron chi connectivity index (χ0n) is 9.47. The fourth-order valence-electron chi connectivity index (χ4n) is 1.25. The number of thiazole rings is 1. The molecule has 1 atom stereocenters. The van der Waals surface area contributed by atoms with Gasteiger partial charge in [0.25, 0.3) is 0 Å². The topological polar surface area (TPSA) is 91.3 Å². The van der Waals surface area contributed by atoms with E-state index in [1.54, 1.807) is 5.51 Å². The normalized spacial score (nSPS) is 11.8. The van der Waals surface area contributed by atoms with E-state index in [1.807, 2.05) is 12.3 Å². The summed E-state index contributed by atoms with van der Waals surface area (Å²) in [6.45, 7) is 2.17. The average molecular weight is 257 g/mol. The maximum Gasteiger partial charge on any atom is 0.326 e. The maximum atomic E-state index is 11.4. The maximum absolute atomic E-state index is 11.4. The minimum atomic E-state index is -1.02. The van der Waals surface area contributed by atoms with Gasteiger partial charge in [-0.25, -0.2) is 14.6 Å². The monoisotopic (exact) mass is 257 g/mol. The van der Waals surface area contributed by atoms with Crippen molar-refractivity contribution in [3.05, 3.63) is 16.6 Å². The number of rotatable bonds is 6. The van der Waals surface area contributed by atoms with Crippen LogP contribution in [0.3, 0.4) is 0 Å². The zero-order valence-corrected chi connectivity index (χ0v) is 10.3. The third kappa shape index (κ3) is 4.81. The Labute approximate surface area is 103 Å². The summed E-state index contributed by atoms with van der Waals surface area (Å²) in [4.78, 5) is 26.2. The number of amides is 2. The molecule has 0 radical (unpaired) electrons. The van der Waals surface area contributed by atoms with Gasteiger partial charge in [0, 0.05) is 5.38 Å². The highest BCUT2D eigenvalue weighted by Crippen LogP contribution is 2.00. The summed E-state index contributed by atoms with van der Waals surface area (Å²) in [5.41, 5.74) is 2.43. The molecule has 1 aromatic rings. The third-order valence-corrected chi connectivity index (χ3v) is 2.73. The van der Waals surface area contributed by atoms with Crippen LogP contribution in [0, 0.1) is 0 Å². The number of nitrogens with one attached hydrogen (secondary N) is 2. The molecule has 2 amide bonds. The Balaban J connectivity index is 2.34. The van der Waals surface area contributed by atoms with Crippen molar-refractivity contribution < 1.29 is 14.7 Å². The number of carboxylic acids is 1. The average Bonchev–Trinajstić information content (AvgIpc) is 2.78. The van der Waals surface area contributed by atoms with Crippen LogP contribution in [0.25, 0.3) is 0 Å². The van der Waals surface area contributed by atoms with E-state index in [-0.39, 0.29) is 0 Å². The first-order valence-corrected chi connectivity index (χ1v) is 6.22. The molecule has 3 N–H and O–H groups in total. The van der Waals surface area contributed by atoms with E-state index in [0.29, 0.717) is 19.4 Å². The summed E-state index contributed by atoms with van der Waals surface area (Å²) in [5, 5.41) is 15.6. The number of urea groups is 1. The SMILES string of the molecule is CCCC(NC(=O)NCc1cscn1)C(=O)O. The molecule has 7 heteroatoms. The van der Waals surface area contributed by atoms with Gasteiger partial charge in [-0.15, -0.1) is 11.3 Å². The fraction of sp³-hybridized carbons (Fsp3) is 0.500. The Morgan fingerprint density at radius 2 is 2.35 bits per heavy atom. The van der Waals surface area contributed by atoms with Gasteiger partial charge in [0.05, 0.1) is 17.7 Å². The largest absolute Gasteiger partial charge is 0.480 e. The summed E-state index contributed by atoms with van der Waals surface area (Å²) in [5.74, 6) is -1.02. The lowest BCUT2D eigenvalue weighted by Crippen LogP contribution is -2.45. The first kappa shape index (κ1) is 13.4. The second-order valence-electron chi connectivity index (χ2n) is 3.49. The number of carboxylic acid groups (broad SMARTS) is 1. The number of carbonyl (C=O) groups is 2. The number of aliphatic carboxylic acids is 1. The first-order valence-electron chi connectivity index (χ1n) is 5.27. The second kappa shape index (κ2) is 6.85. The summed E-state index contributed by atoms with van der Waals surface area (Å²) < 4.78 is 0. The third-order valence-electron chi connectivity index (χ3n) is 2.09. The Morgan fingerprint density at radius 1 is 1.59 bits per heavy atom. The highest BCUT2D eigenvalue weighted by molar-refractivity contribution is 7.07. The lowest BCUT2D eigenvalue weighted by atomic mass is 10.2. The molecule has 0 saturated carbocycles. The molecule has 94 valence electrons. The molecule has 0 aromatic carbocycles. The van der Waals surface area contributed by atoms with Gasteiger partial charge in [0.2, 0.25) is 0 Å². The Bertz CT molecular complexity index is 367. The van der Waals surface area contributed by atoms with Crippen LogP contribution in [0.1, 0.15) is 25.5 Å². The van der Waals surface area contributed by atoms with Crippen molar-refractivity contribution in [2.75, 3.05) is 0 Å². The minimum absolute atomic E-state index is 0.299. The lowest BCUT2D eigenvalue weighted by Gasteiger charge is -2.13. The predicted molar refractivity (Wildman–Crippen MR) is 63.8 cm³/mol. The molecule has 6 nitrogen and oxygen atoms in total. The van der Waals surface area contributed by atoms with Crippen molar-refractivity contribution >= 4 is 23.3 Å². The summed E-state index contributed by atoms with van der Waals surface area (Å²) >= 11 is 1.44. The highest BCUT2D eigenvalue weighted by atomic mass is 32.1. The Hall–Kier alpha value is -1.63. The van der Waals surface area contributed by atoms with Crippen LogP contribution in [0.4, 0.5) is 4.79 Å². The number of hydrogen-bond donors (Lipinski definition) is 3. The van der Waals surface area contributed by atoms with Gasteiger partial charge < -0.3 is 15.7 Å². The van der Waals surface area contributed by atoms with E-state index in [9.17, 15) is 9.59 Å². The van der Waals surface area contributed by atoms with E-state index in [2.05, 4.69) is 15.6 Å². The van der Waals surface area contributed by atoms with Crippen LogP contribution in [0.2, 0.25) is 0 Å². The molecule has 0 saturated heterocycles. The molecule has 0 spiro atoms. The number of carbonyl (C=O) groups excluding carboxylic acids is 1. The van der Waals surface area contributed by atoms with Gasteiger partial charge in [-0.3, -0.25) is 0 Å². The van der Waals surface area contributed by atoms with Crippen molar-refractivity contribution in [1.82, 2.24) is 15.6 Å². The molecule has 0 aliphatic heterocycles. The molecule has 0 fully saturated rings. The molecule has 0 aliphatic rings. The van der Waals surface area contributed by atoms with Crippen molar-refractivity contribution in [2.45, 2.75) is 32.4 Å². The van der Waals surface area contributed by atoms with Crippen molar-refractivity contribution in [1.29, 1.82) is 0 Å². The standard InChI is InChI=1S/C10H15N3O3S/c1-2-3-8(9(14)15)13-10(16)11-4-7-5-17-6-12-7/h5-6,8H,2-4H2,1H3,(H,14,15)(H2,11,13,16). The molecule has 0 bridgehead atoms. The number of hydrogen-bond acceptors (Lipinski definition) is 4. The molecule has 0 aliphatic carbocycles. The second-order valence-corrected chi connectivity index (χ2v) is 4.20. The Morgan fingerprint density at radius 3 is 2.88 bits per heavy atom. The van der Waals surface area contributed by atoms with Crippen molar-refractivity contribution in [3.8, 4) is 0 Å². The zero-order chi connectivity index (χ0) is 12.7. The highest BCUT2D eigenvalue weighted by Gasteiger charge is 2.18. The van der Waals surface area contributed by atoms with E-state index in [0.717, 1.165) is 5.69 Å². The van der Waals surface area contributed by atoms with E-state index >= 15 is 0 Å². The lowest BCUT2D eigenvalue weighted by molar-refractivity contribution is -0.139. The number of nitrogens with zero attached hydrogens (tertiary/aromatic N) is 1. The molecular weight excluding hydrogens is 242 g/mol. The van der Waals surface area contributed by atoms with Crippen LogP contribution in [-0.4, -0.2) is 28.1 Å². The molecular formula is C10H15N3O3S. The van der Waals surface area contributed by atoms with Crippen molar-refractivity contribution in [3.63, 3.8) is 0 Å². The molecule has 1 rings (SSSR count). The van der Waals surface area contributed by atoms with Crippen LogP contribution in [-0.2, 0) is 11.3 Å². The van der Waals surface area contributed by atoms with E-state index < -0.39 is 18.0 Å². The van der Waals surface area contributed by atoms with Gasteiger partial charge in [-0.2, -0.15) is 0 Å². The quantitative estimate of drug-likeness (QED) is 0.714. The Kier molecular flexibility index (Phi) is 5.41. The van der Waals surface area contributed by atoms with Gasteiger partial charge in [-0.05, 0) is 6.42 Å². The summed E-state index contributed by atoms with van der Waals surface area (Å²) in [6, 6.07) is -1.32.